The van der Waals surface area contributed by atoms with Crippen LogP contribution in [0.1, 0.15) is 105 Å². The predicted octanol–water partition coefficient (Wildman–Crippen LogP) is 14.4. The molecule has 1 aliphatic rings. The van der Waals surface area contributed by atoms with Crippen LogP contribution in [0.5, 0.6) is 11.5 Å². The SMILES string of the molecule is CC(C)(C)c1cccc(N2CN(c3cc(Oc4ccc5c6ccccc6n(-c6cc(C(C)(C)C)ccn6)c5c4)cc(C(C)(C)C)c3)c3ccc(C(C)(C)C)cc32)c1. The molecule has 2 aromatic heterocycles. The first-order valence-electron chi connectivity index (χ1n) is 20.4. The van der Waals surface area contributed by atoms with Crippen LogP contribution in [0.15, 0.2) is 121 Å². The van der Waals surface area contributed by atoms with Crippen molar-refractivity contribution < 1.29 is 4.74 Å². The smallest absolute Gasteiger partial charge is 0.137 e. The summed E-state index contributed by atoms with van der Waals surface area (Å²) in [5.74, 6) is 2.50. The van der Waals surface area contributed by atoms with Crippen molar-refractivity contribution in [2.45, 2.75) is 105 Å². The highest BCUT2D eigenvalue weighted by Crippen LogP contribution is 2.48. The highest BCUT2D eigenvalue weighted by molar-refractivity contribution is 6.09. The third kappa shape index (κ3) is 7.29. The molecule has 5 heteroatoms. The average molecular weight is 755 g/mol. The minimum absolute atomic E-state index is 0.00126. The molecule has 292 valence electrons. The van der Waals surface area contributed by atoms with Crippen LogP contribution in [0.3, 0.4) is 0 Å². The first kappa shape index (κ1) is 38.3. The molecule has 3 heterocycles. The molecular formula is C52H58N4O. The molecule has 0 N–H and O–H groups in total. The standard InChI is InChI=1S/C52H58N4O/c1-49(2,3)34-16-15-17-38(26-34)54-33-55(45-23-20-35(29-47(45)54)50(4,5)6)39-27-37(52(10,11)12)28-41(31-39)57-40-21-22-43-42-18-13-14-19-44(42)56(46(43)32-40)48-30-36(24-25-53-48)51(7,8)9/h13-32H,33H2,1-12H3. The summed E-state index contributed by atoms with van der Waals surface area (Å²) < 4.78 is 9.21. The van der Waals surface area contributed by atoms with Crippen molar-refractivity contribution in [3.05, 3.63) is 144 Å². The molecule has 0 radical (unpaired) electrons. The Morgan fingerprint density at radius 2 is 1.09 bits per heavy atom. The van der Waals surface area contributed by atoms with Crippen LogP contribution in [0.2, 0.25) is 0 Å². The minimum Gasteiger partial charge on any atom is -0.457 e. The number of aromatic nitrogens is 2. The lowest BCUT2D eigenvalue weighted by atomic mass is 9.86. The lowest BCUT2D eigenvalue weighted by Crippen LogP contribution is -2.25. The molecule has 0 fully saturated rings. The zero-order valence-corrected chi connectivity index (χ0v) is 36.0. The van der Waals surface area contributed by atoms with Crippen LogP contribution in [0, 0.1) is 0 Å². The second kappa shape index (κ2) is 13.5. The van der Waals surface area contributed by atoms with Gasteiger partial charge in [0.15, 0.2) is 0 Å². The third-order valence-electron chi connectivity index (χ3n) is 11.5. The van der Waals surface area contributed by atoms with Gasteiger partial charge in [0.25, 0.3) is 0 Å². The number of hydrogen-bond donors (Lipinski definition) is 0. The summed E-state index contributed by atoms with van der Waals surface area (Å²) in [4.78, 5) is 9.82. The number of anilines is 4. The van der Waals surface area contributed by atoms with Crippen LogP contribution in [-0.4, -0.2) is 16.2 Å². The van der Waals surface area contributed by atoms with Crippen molar-refractivity contribution in [2.24, 2.45) is 0 Å². The molecule has 8 rings (SSSR count). The zero-order valence-electron chi connectivity index (χ0n) is 36.0. The maximum atomic E-state index is 6.93. The number of fused-ring (bicyclic) bond motifs is 4. The number of nitrogens with zero attached hydrogens (tertiary/aromatic N) is 4. The van der Waals surface area contributed by atoms with E-state index in [0.29, 0.717) is 6.67 Å². The van der Waals surface area contributed by atoms with Gasteiger partial charge in [0.05, 0.1) is 22.4 Å². The zero-order chi connectivity index (χ0) is 40.7. The molecular weight excluding hydrogens is 697 g/mol. The summed E-state index contributed by atoms with van der Waals surface area (Å²) in [5.41, 5.74) is 12.0. The van der Waals surface area contributed by atoms with E-state index in [2.05, 4.69) is 213 Å². The van der Waals surface area contributed by atoms with Gasteiger partial charge in [-0.15, -0.1) is 0 Å². The van der Waals surface area contributed by atoms with Crippen molar-refractivity contribution in [1.82, 2.24) is 9.55 Å². The fourth-order valence-corrected chi connectivity index (χ4v) is 7.95. The van der Waals surface area contributed by atoms with Crippen molar-refractivity contribution >= 4 is 44.6 Å². The summed E-state index contributed by atoms with van der Waals surface area (Å²) in [5, 5.41) is 2.36. The fraction of sp³-hybridized carbons (Fsp3) is 0.327. The van der Waals surface area contributed by atoms with Crippen LogP contribution >= 0.6 is 0 Å². The second-order valence-electron chi connectivity index (χ2n) is 20.0. The number of pyridine rings is 1. The molecule has 5 nitrogen and oxygen atoms in total. The van der Waals surface area contributed by atoms with Gasteiger partial charge < -0.3 is 14.5 Å². The van der Waals surface area contributed by atoms with E-state index in [4.69, 9.17) is 9.72 Å². The largest absolute Gasteiger partial charge is 0.457 e. The molecule has 0 spiro atoms. The van der Waals surface area contributed by atoms with Gasteiger partial charge in [-0.05, 0) is 111 Å². The maximum absolute atomic E-state index is 6.93. The van der Waals surface area contributed by atoms with E-state index in [1.807, 2.05) is 6.20 Å². The monoisotopic (exact) mass is 754 g/mol. The summed E-state index contributed by atoms with van der Waals surface area (Å²) in [6, 6.07) is 42.2. The van der Waals surface area contributed by atoms with Gasteiger partial charge in [0.2, 0.25) is 0 Å². The van der Waals surface area contributed by atoms with Gasteiger partial charge >= 0.3 is 0 Å². The number of benzene rings is 5. The van der Waals surface area contributed by atoms with Crippen LogP contribution in [0.4, 0.5) is 22.7 Å². The molecule has 57 heavy (non-hydrogen) atoms. The number of rotatable bonds is 5. The second-order valence-corrected chi connectivity index (χ2v) is 20.0. The fourth-order valence-electron chi connectivity index (χ4n) is 7.95. The van der Waals surface area contributed by atoms with Gasteiger partial charge in [-0.2, -0.15) is 0 Å². The molecule has 5 aromatic carbocycles. The van der Waals surface area contributed by atoms with Crippen molar-refractivity contribution in [2.75, 3.05) is 16.5 Å². The Hall–Kier alpha value is -5.55. The quantitative estimate of drug-likeness (QED) is 0.175. The third-order valence-corrected chi connectivity index (χ3v) is 11.5. The Bertz CT molecular complexity index is 2640. The molecule has 0 amide bonds. The topological polar surface area (TPSA) is 33.5 Å². The lowest BCUT2D eigenvalue weighted by Gasteiger charge is -2.27. The Morgan fingerprint density at radius 1 is 0.456 bits per heavy atom. The average Bonchev–Trinajstić information content (AvgIpc) is 3.69. The number of hydrogen-bond acceptors (Lipinski definition) is 4. The maximum Gasteiger partial charge on any atom is 0.137 e. The van der Waals surface area contributed by atoms with E-state index in [9.17, 15) is 0 Å². The molecule has 0 atom stereocenters. The lowest BCUT2D eigenvalue weighted by molar-refractivity contribution is 0.479. The van der Waals surface area contributed by atoms with Crippen molar-refractivity contribution in [3.8, 4) is 17.3 Å². The molecule has 0 bridgehead atoms. The highest BCUT2D eigenvalue weighted by atomic mass is 16.5. The number of ether oxygens (including phenoxy) is 1. The Morgan fingerprint density at radius 3 is 1.81 bits per heavy atom. The van der Waals surface area contributed by atoms with E-state index in [1.54, 1.807) is 0 Å². The first-order chi connectivity index (χ1) is 26.8. The van der Waals surface area contributed by atoms with Crippen molar-refractivity contribution in [1.29, 1.82) is 0 Å². The van der Waals surface area contributed by atoms with Crippen molar-refractivity contribution in [3.63, 3.8) is 0 Å². The van der Waals surface area contributed by atoms with Gasteiger partial charge in [-0.25, -0.2) is 4.98 Å². The minimum atomic E-state index is -0.104. The molecule has 0 saturated heterocycles. The van der Waals surface area contributed by atoms with Gasteiger partial charge in [-0.1, -0.05) is 119 Å². The predicted molar refractivity (Wildman–Crippen MR) is 242 cm³/mol. The summed E-state index contributed by atoms with van der Waals surface area (Å²) in [6.45, 7) is 28.0. The highest BCUT2D eigenvalue weighted by Gasteiger charge is 2.32. The molecule has 0 unspecified atom stereocenters. The van der Waals surface area contributed by atoms with E-state index >= 15 is 0 Å². The summed E-state index contributed by atoms with van der Waals surface area (Å²) in [6.07, 6.45) is 1.93. The molecule has 1 aliphatic heterocycles. The summed E-state index contributed by atoms with van der Waals surface area (Å²) in [7, 11) is 0. The van der Waals surface area contributed by atoms with E-state index in [1.165, 1.54) is 50.1 Å². The molecule has 7 aromatic rings. The van der Waals surface area contributed by atoms with Gasteiger partial charge in [0, 0.05) is 40.5 Å². The van der Waals surface area contributed by atoms with Crippen LogP contribution in [0.25, 0.3) is 27.6 Å². The van der Waals surface area contributed by atoms with E-state index in [-0.39, 0.29) is 21.7 Å². The van der Waals surface area contributed by atoms with Crippen LogP contribution in [-0.2, 0) is 21.7 Å². The normalized spacial score (nSPS) is 13.8. The first-order valence-corrected chi connectivity index (χ1v) is 20.4. The molecule has 0 aliphatic carbocycles. The summed E-state index contributed by atoms with van der Waals surface area (Å²) >= 11 is 0. The van der Waals surface area contributed by atoms with E-state index in [0.717, 1.165) is 34.0 Å². The number of para-hydroxylation sites is 1. The van der Waals surface area contributed by atoms with Crippen LogP contribution < -0.4 is 14.5 Å². The Labute approximate surface area is 339 Å². The Kier molecular flexibility index (Phi) is 9.11. The Balaban J connectivity index is 1.24. The van der Waals surface area contributed by atoms with Gasteiger partial charge in [0.1, 0.15) is 24.0 Å². The van der Waals surface area contributed by atoms with E-state index < -0.39 is 0 Å². The van der Waals surface area contributed by atoms with Gasteiger partial charge in [-0.3, -0.25) is 4.57 Å². The molecule has 0 saturated carbocycles.